The number of carbonyl (C=O) groups excluding carboxylic acids is 3. The zero-order valence-corrected chi connectivity index (χ0v) is 16.0. The van der Waals surface area contributed by atoms with Gasteiger partial charge < -0.3 is 20.1 Å². The monoisotopic (exact) mass is 400 g/mol. The number of likely N-dealkylation sites (tertiary alicyclic amines) is 1. The van der Waals surface area contributed by atoms with Crippen LogP contribution in [0.3, 0.4) is 0 Å². The topological polar surface area (TPSA) is 95.9 Å². The van der Waals surface area contributed by atoms with Crippen molar-refractivity contribution >= 4 is 29.4 Å². The van der Waals surface area contributed by atoms with E-state index in [1.165, 1.54) is 17.0 Å². The molecule has 27 heavy (non-hydrogen) atoms. The zero-order chi connectivity index (χ0) is 20.4. The molecule has 1 heterocycles. The number of hydrogen-bond donors (Lipinski definition) is 2. The summed E-state index contributed by atoms with van der Waals surface area (Å²) in [4.78, 5) is 37.4. The van der Waals surface area contributed by atoms with Gasteiger partial charge in [0.05, 0.1) is 23.7 Å². The van der Waals surface area contributed by atoms with Gasteiger partial charge in [-0.3, -0.25) is 9.59 Å². The molecule has 0 saturated carbocycles. The van der Waals surface area contributed by atoms with E-state index in [0.717, 1.165) is 6.07 Å². The van der Waals surface area contributed by atoms with Gasteiger partial charge in [0, 0.05) is 13.0 Å². The van der Waals surface area contributed by atoms with E-state index >= 15 is 0 Å². The largest absolute Gasteiger partial charge is 0.444 e. The number of hydrogen-bond acceptors (Lipinski definition) is 5. The maximum absolute atomic E-state index is 13.4. The highest BCUT2D eigenvalue weighted by Crippen LogP contribution is 2.17. The molecule has 2 amide bonds. The van der Waals surface area contributed by atoms with Crippen LogP contribution in [0.2, 0.25) is 5.02 Å². The molecule has 1 saturated heterocycles. The first-order chi connectivity index (χ1) is 12.5. The van der Waals surface area contributed by atoms with Gasteiger partial charge in [0.1, 0.15) is 11.4 Å². The van der Waals surface area contributed by atoms with Gasteiger partial charge in [-0.25, -0.2) is 9.18 Å². The molecule has 1 aromatic carbocycles. The summed E-state index contributed by atoms with van der Waals surface area (Å²) in [5, 5.41) is 12.4. The van der Waals surface area contributed by atoms with Gasteiger partial charge in [-0.05, 0) is 38.5 Å². The van der Waals surface area contributed by atoms with Gasteiger partial charge in [-0.2, -0.15) is 0 Å². The number of β-amino-alcohol motifs (C(OH)–C–C–N with tert-alkyl or cyclic N) is 1. The van der Waals surface area contributed by atoms with Crippen LogP contribution >= 0.6 is 11.6 Å². The molecule has 2 atom stereocenters. The molecule has 1 aliphatic heterocycles. The third kappa shape index (κ3) is 5.90. The molecule has 1 fully saturated rings. The predicted octanol–water partition coefficient (Wildman–Crippen LogP) is 1.69. The number of ketones is 1. The SMILES string of the molecule is CC(C)(C)OC(=O)N1CC(NC(=O)C(=O)Cc2ccc(Cl)c(F)c2)[C@@H](O)C1. The zero-order valence-electron chi connectivity index (χ0n) is 15.3. The Bertz CT molecular complexity index is 750. The van der Waals surface area contributed by atoms with Crippen molar-refractivity contribution in [1.29, 1.82) is 0 Å². The van der Waals surface area contributed by atoms with E-state index in [2.05, 4.69) is 5.32 Å². The first-order valence-electron chi connectivity index (χ1n) is 8.40. The number of Topliss-reactive ketones (excluding diaryl/α,β-unsaturated/α-hetero) is 1. The summed E-state index contributed by atoms with van der Waals surface area (Å²) in [5.74, 6) is -2.39. The fraction of sp³-hybridized carbons (Fsp3) is 0.500. The smallest absolute Gasteiger partial charge is 0.410 e. The Morgan fingerprint density at radius 2 is 2.00 bits per heavy atom. The van der Waals surface area contributed by atoms with Crippen molar-refractivity contribution in [3.8, 4) is 0 Å². The van der Waals surface area contributed by atoms with Crippen molar-refractivity contribution in [1.82, 2.24) is 10.2 Å². The summed E-state index contributed by atoms with van der Waals surface area (Å²) >= 11 is 5.58. The molecule has 1 aromatic rings. The van der Waals surface area contributed by atoms with Crippen molar-refractivity contribution in [3.63, 3.8) is 0 Å². The van der Waals surface area contributed by atoms with Gasteiger partial charge in [0.25, 0.3) is 5.91 Å². The lowest BCUT2D eigenvalue weighted by atomic mass is 10.1. The number of nitrogens with one attached hydrogen (secondary N) is 1. The number of rotatable bonds is 4. The Kier molecular flexibility index (Phi) is 6.43. The molecule has 2 rings (SSSR count). The highest BCUT2D eigenvalue weighted by Gasteiger charge is 2.37. The molecule has 0 aromatic heterocycles. The lowest BCUT2D eigenvalue weighted by Gasteiger charge is -2.24. The standard InChI is InChI=1S/C18H22ClFN2O5/c1-18(2,3)27-17(26)22-8-13(15(24)9-22)21-16(25)14(23)7-10-4-5-11(19)12(20)6-10/h4-6,13,15,24H,7-9H2,1-3H3,(H,21,25)/t13?,15-/m0/s1. The van der Waals surface area contributed by atoms with E-state index in [4.69, 9.17) is 16.3 Å². The minimum atomic E-state index is -1.03. The second-order valence-electron chi connectivity index (χ2n) is 7.38. The summed E-state index contributed by atoms with van der Waals surface area (Å²) < 4.78 is 18.6. The Hall–Kier alpha value is -2.19. The minimum Gasteiger partial charge on any atom is -0.444 e. The van der Waals surface area contributed by atoms with Gasteiger partial charge in [0.15, 0.2) is 0 Å². The summed E-state index contributed by atoms with van der Waals surface area (Å²) in [7, 11) is 0. The summed E-state index contributed by atoms with van der Waals surface area (Å²) in [6, 6.07) is 3.04. The predicted molar refractivity (Wildman–Crippen MR) is 95.9 cm³/mol. The maximum Gasteiger partial charge on any atom is 0.410 e. The number of ether oxygens (including phenoxy) is 1. The van der Waals surface area contributed by atoms with Crippen LogP contribution in [0.15, 0.2) is 18.2 Å². The average molecular weight is 401 g/mol. The number of halogens is 2. The van der Waals surface area contributed by atoms with Crippen LogP contribution in [0.4, 0.5) is 9.18 Å². The Morgan fingerprint density at radius 3 is 2.59 bits per heavy atom. The molecule has 0 radical (unpaired) electrons. The van der Waals surface area contributed by atoms with Crippen LogP contribution in [0.25, 0.3) is 0 Å². The lowest BCUT2D eigenvalue weighted by Crippen LogP contribution is -2.46. The number of amides is 2. The fourth-order valence-electron chi connectivity index (χ4n) is 2.57. The summed E-state index contributed by atoms with van der Waals surface area (Å²) in [5.41, 5.74) is -0.382. The summed E-state index contributed by atoms with van der Waals surface area (Å²) in [6.45, 7) is 5.15. The van der Waals surface area contributed by atoms with E-state index in [1.54, 1.807) is 20.8 Å². The number of carbonyl (C=O) groups is 3. The molecular weight excluding hydrogens is 379 g/mol. The summed E-state index contributed by atoms with van der Waals surface area (Å²) in [6.07, 6.45) is -1.94. The molecule has 0 spiro atoms. The molecule has 1 unspecified atom stereocenters. The number of aliphatic hydroxyl groups excluding tert-OH is 1. The second-order valence-corrected chi connectivity index (χ2v) is 7.79. The van der Waals surface area contributed by atoms with E-state index < -0.39 is 41.3 Å². The molecule has 7 nitrogen and oxygen atoms in total. The van der Waals surface area contributed by atoms with Crippen LogP contribution in [-0.4, -0.2) is 58.6 Å². The Balaban J connectivity index is 1.91. The van der Waals surface area contributed by atoms with Crippen LogP contribution < -0.4 is 5.32 Å². The molecule has 0 aliphatic carbocycles. The van der Waals surface area contributed by atoms with Crippen molar-refractivity contribution in [2.75, 3.05) is 13.1 Å². The Labute approximate surface area is 161 Å². The normalized spacial score (nSPS) is 19.7. The number of aliphatic hydroxyl groups is 1. The average Bonchev–Trinajstić information content (AvgIpc) is 2.90. The van der Waals surface area contributed by atoms with Crippen LogP contribution in [0.5, 0.6) is 0 Å². The molecule has 1 aliphatic rings. The molecule has 0 bridgehead atoms. The van der Waals surface area contributed by atoms with Crippen LogP contribution in [-0.2, 0) is 20.7 Å². The first kappa shape index (κ1) is 21.1. The van der Waals surface area contributed by atoms with Gasteiger partial charge in [-0.15, -0.1) is 0 Å². The maximum atomic E-state index is 13.4. The fourth-order valence-corrected chi connectivity index (χ4v) is 2.69. The third-order valence-corrected chi connectivity index (χ3v) is 4.17. The van der Waals surface area contributed by atoms with Crippen molar-refractivity contribution in [2.24, 2.45) is 0 Å². The minimum absolute atomic E-state index is 0.0174. The highest BCUT2D eigenvalue weighted by molar-refractivity contribution is 6.36. The first-order valence-corrected chi connectivity index (χ1v) is 8.77. The molecule has 9 heteroatoms. The highest BCUT2D eigenvalue weighted by atomic mass is 35.5. The van der Waals surface area contributed by atoms with Crippen LogP contribution in [0.1, 0.15) is 26.3 Å². The second kappa shape index (κ2) is 8.22. The molecule has 2 N–H and O–H groups in total. The van der Waals surface area contributed by atoms with Gasteiger partial charge in [-0.1, -0.05) is 17.7 Å². The van der Waals surface area contributed by atoms with Crippen LogP contribution in [0, 0.1) is 5.82 Å². The van der Waals surface area contributed by atoms with Crippen molar-refractivity contribution in [2.45, 2.75) is 44.9 Å². The van der Waals surface area contributed by atoms with E-state index in [1.807, 2.05) is 0 Å². The number of nitrogens with zero attached hydrogens (tertiary/aromatic N) is 1. The van der Waals surface area contributed by atoms with E-state index in [-0.39, 0.29) is 24.5 Å². The van der Waals surface area contributed by atoms with Gasteiger partial charge >= 0.3 is 6.09 Å². The molecular formula is C18H22ClFN2O5. The van der Waals surface area contributed by atoms with E-state index in [0.29, 0.717) is 5.56 Å². The number of benzene rings is 1. The van der Waals surface area contributed by atoms with Gasteiger partial charge in [0.2, 0.25) is 5.78 Å². The van der Waals surface area contributed by atoms with Crippen molar-refractivity contribution in [3.05, 3.63) is 34.6 Å². The third-order valence-electron chi connectivity index (χ3n) is 3.86. The Morgan fingerprint density at radius 1 is 1.33 bits per heavy atom. The van der Waals surface area contributed by atoms with Crippen molar-refractivity contribution < 1.29 is 28.6 Å². The molecule has 148 valence electrons. The lowest BCUT2D eigenvalue weighted by molar-refractivity contribution is -0.138. The quantitative estimate of drug-likeness (QED) is 0.750. The van der Waals surface area contributed by atoms with E-state index in [9.17, 15) is 23.9 Å².